The van der Waals surface area contributed by atoms with Crippen LogP contribution in [0.1, 0.15) is 34.6 Å². The molecule has 0 radical (unpaired) electrons. The van der Waals surface area contributed by atoms with Gasteiger partial charge in [0.25, 0.3) is 5.91 Å². The minimum Gasteiger partial charge on any atom is -0.449 e. The number of carboxylic acid groups (broad SMARTS) is 1. The average Bonchev–Trinajstić information content (AvgIpc) is 3.06. The van der Waals surface area contributed by atoms with Crippen LogP contribution in [0.4, 0.5) is 22.4 Å². The molecule has 0 bridgehead atoms. The first-order valence-electron chi connectivity index (χ1n) is 9.40. The van der Waals surface area contributed by atoms with Crippen LogP contribution < -0.4 is 10.1 Å². The van der Waals surface area contributed by atoms with Gasteiger partial charge in [0.05, 0.1) is 10.0 Å². The third kappa shape index (κ3) is 5.01. The third-order valence-electron chi connectivity index (χ3n) is 4.89. The molecule has 0 fully saturated rings. The highest BCUT2D eigenvalue weighted by molar-refractivity contribution is 6.35. The van der Waals surface area contributed by atoms with E-state index >= 15 is 0 Å². The number of fused-ring (bicyclic) bond motifs is 1. The molecule has 0 aliphatic rings. The highest BCUT2D eigenvalue weighted by atomic mass is 35.5. The van der Waals surface area contributed by atoms with Crippen molar-refractivity contribution in [3.63, 3.8) is 0 Å². The molecule has 33 heavy (non-hydrogen) atoms. The molecular formula is C21H16Cl2F4N2O4. The number of aryl methyl sites for hydroxylation is 2. The highest BCUT2D eigenvalue weighted by Crippen LogP contribution is 2.37. The van der Waals surface area contributed by atoms with Crippen LogP contribution in [-0.4, -0.2) is 27.9 Å². The summed E-state index contributed by atoms with van der Waals surface area (Å²) in [6.45, 7) is 3.51. The molecule has 1 amide bonds. The standard InChI is InChI=1S/C21H16Cl2F4N2O4/c1-3-29-14-4-9(2)16(33-20(31)32)8-10(14)7-15(29)19(30)28-18(21(25,26)27)11-5-12(22)17(24)13(23)6-11/h4-8,18H,3H2,1-2H3,(H,28,30)(H,31,32). The summed E-state index contributed by atoms with van der Waals surface area (Å²) in [4.78, 5) is 23.8. The van der Waals surface area contributed by atoms with Crippen molar-refractivity contribution in [2.24, 2.45) is 0 Å². The van der Waals surface area contributed by atoms with E-state index in [9.17, 15) is 27.2 Å². The SMILES string of the molecule is CCn1c(C(=O)NC(c2cc(Cl)c(F)c(Cl)c2)C(F)(F)F)cc2cc(OC(=O)O)c(C)cc21. The average molecular weight is 507 g/mol. The molecule has 3 aromatic rings. The predicted octanol–water partition coefficient (Wildman–Crippen LogP) is 6.51. The van der Waals surface area contributed by atoms with Crippen LogP contribution in [0.25, 0.3) is 10.9 Å². The van der Waals surface area contributed by atoms with E-state index < -0.39 is 45.7 Å². The Labute approximate surface area is 194 Å². The van der Waals surface area contributed by atoms with Crippen molar-refractivity contribution in [2.45, 2.75) is 32.6 Å². The molecule has 2 aromatic carbocycles. The maximum Gasteiger partial charge on any atom is 0.511 e. The molecule has 176 valence electrons. The van der Waals surface area contributed by atoms with E-state index in [1.165, 1.54) is 16.7 Å². The van der Waals surface area contributed by atoms with E-state index in [1.807, 2.05) is 5.32 Å². The number of amides is 1. The van der Waals surface area contributed by atoms with Crippen molar-refractivity contribution in [2.75, 3.05) is 0 Å². The van der Waals surface area contributed by atoms with Gasteiger partial charge in [-0.1, -0.05) is 23.2 Å². The lowest BCUT2D eigenvalue weighted by Crippen LogP contribution is -2.39. The Morgan fingerprint density at radius 2 is 1.76 bits per heavy atom. The van der Waals surface area contributed by atoms with E-state index in [1.54, 1.807) is 19.9 Å². The van der Waals surface area contributed by atoms with Crippen LogP contribution in [0, 0.1) is 12.7 Å². The molecule has 1 unspecified atom stereocenters. The summed E-state index contributed by atoms with van der Waals surface area (Å²) in [5.41, 5.74) is 0.301. The lowest BCUT2D eigenvalue weighted by molar-refractivity contribution is -0.155. The monoisotopic (exact) mass is 506 g/mol. The number of benzene rings is 2. The van der Waals surface area contributed by atoms with Gasteiger partial charge in [-0.05, 0) is 55.3 Å². The largest absolute Gasteiger partial charge is 0.511 e. The summed E-state index contributed by atoms with van der Waals surface area (Å²) in [7, 11) is 0. The smallest absolute Gasteiger partial charge is 0.449 e. The molecular weight excluding hydrogens is 491 g/mol. The highest BCUT2D eigenvalue weighted by Gasteiger charge is 2.43. The Balaban J connectivity index is 2.05. The van der Waals surface area contributed by atoms with Crippen LogP contribution in [0.2, 0.25) is 10.0 Å². The van der Waals surface area contributed by atoms with Crippen molar-refractivity contribution < 1.29 is 37.0 Å². The Bertz CT molecular complexity index is 1230. The zero-order chi connectivity index (χ0) is 24.7. The predicted molar refractivity (Wildman–Crippen MR) is 114 cm³/mol. The molecule has 0 aliphatic carbocycles. The van der Waals surface area contributed by atoms with Gasteiger partial charge in [0.2, 0.25) is 0 Å². The van der Waals surface area contributed by atoms with Gasteiger partial charge >= 0.3 is 12.3 Å². The minimum absolute atomic E-state index is 0.0268. The van der Waals surface area contributed by atoms with E-state index in [0.29, 0.717) is 16.5 Å². The molecule has 12 heteroatoms. The minimum atomic E-state index is -4.94. The van der Waals surface area contributed by atoms with Crippen molar-refractivity contribution in [1.82, 2.24) is 9.88 Å². The first-order chi connectivity index (χ1) is 15.3. The number of aromatic nitrogens is 1. The number of nitrogens with zero attached hydrogens (tertiary/aromatic N) is 1. The normalized spacial score (nSPS) is 12.6. The summed E-state index contributed by atoms with van der Waals surface area (Å²) in [5.74, 6) is -2.11. The number of carbonyl (C=O) groups is 2. The second kappa shape index (κ2) is 9.11. The fraction of sp³-hybridized carbons (Fsp3) is 0.238. The molecule has 6 nitrogen and oxygen atoms in total. The number of carbonyl (C=O) groups excluding carboxylic acids is 1. The molecule has 0 saturated heterocycles. The van der Waals surface area contributed by atoms with E-state index in [2.05, 4.69) is 0 Å². The first kappa shape index (κ1) is 24.7. The Morgan fingerprint density at radius 1 is 1.15 bits per heavy atom. The Kier molecular flexibility index (Phi) is 6.80. The van der Waals surface area contributed by atoms with Crippen LogP contribution in [0.5, 0.6) is 5.75 Å². The lowest BCUT2D eigenvalue weighted by Gasteiger charge is -2.23. The van der Waals surface area contributed by atoms with Crippen molar-refractivity contribution in [1.29, 1.82) is 0 Å². The second-order valence-electron chi connectivity index (χ2n) is 7.06. The number of hydrogen-bond acceptors (Lipinski definition) is 3. The molecule has 1 atom stereocenters. The van der Waals surface area contributed by atoms with Crippen molar-refractivity contribution >= 4 is 46.2 Å². The topological polar surface area (TPSA) is 80.6 Å². The first-order valence-corrected chi connectivity index (χ1v) is 10.2. The van der Waals surface area contributed by atoms with Gasteiger partial charge in [-0.3, -0.25) is 4.79 Å². The molecule has 3 rings (SSSR count). The zero-order valence-electron chi connectivity index (χ0n) is 17.1. The number of rotatable bonds is 5. The maximum absolute atomic E-state index is 13.8. The fourth-order valence-electron chi connectivity index (χ4n) is 3.43. The van der Waals surface area contributed by atoms with Crippen LogP contribution in [0.3, 0.4) is 0 Å². The maximum atomic E-state index is 13.8. The van der Waals surface area contributed by atoms with Gasteiger partial charge in [-0.25, -0.2) is 9.18 Å². The summed E-state index contributed by atoms with van der Waals surface area (Å²) >= 11 is 11.3. The summed E-state index contributed by atoms with van der Waals surface area (Å²) in [6.07, 6.45) is -6.47. The van der Waals surface area contributed by atoms with Gasteiger partial charge in [-0.15, -0.1) is 0 Å². The van der Waals surface area contributed by atoms with Crippen molar-refractivity contribution in [3.05, 3.63) is 63.0 Å². The number of nitrogens with one attached hydrogen (secondary N) is 1. The Hall–Kier alpha value is -2.98. The zero-order valence-corrected chi connectivity index (χ0v) is 18.6. The number of alkyl halides is 3. The van der Waals surface area contributed by atoms with Crippen LogP contribution in [-0.2, 0) is 6.54 Å². The van der Waals surface area contributed by atoms with Crippen molar-refractivity contribution in [3.8, 4) is 5.75 Å². The van der Waals surface area contributed by atoms with Gasteiger partial charge in [0.15, 0.2) is 11.9 Å². The fourth-order valence-corrected chi connectivity index (χ4v) is 3.93. The molecule has 1 aromatic heterocycles. The molecule has 0 aliphatic heterocycles. The second-order valence-corrected chi connectivity index (χ2v) is 7.88. The summed E-state index contributed by atoms with van der Waals surface area (Å²) in [6, 6.07) is 3.24. The van der Waals surface area contributed by atoms with Gasteiger partial charge in [0, 0.05) is 17.4 Å². The lowest BCUT2D eigenvalue weighted by atomic mass is 10.1. The Morgan fingerprint density at radius 3 is 2.27 bits per heavy atom. The third-order valence-corrected chi connectivity index (χ3v) is 5.44. The van der Waals surface area contributed by atoms with Crippen LogP contribution in [0.15, 0.2) is 30.3 Å². The summed E-state index contributed by atoms with van der Waals surface area (Å²) in [5, 5.41) is 9.92. The number of hydrogen-bond donors (Lipinski definition) is 2. The van der Waals surface area contributed by atoms with Gasteiger partial charge in [-0.2, -0.15) is 13.2 Å². The number of halogens is 6. The van der Waals surface area contributed by atoms with E-state index in [-0.39, 0.29) is 18.0 Å². The van der Waals surface area contributed by atoms with Crippen LogP contribution >= 0.6 is 23.2 Å². The van der Waals surface area contributed by atoms with Gasteiger partial charge < -0.3 is 19.7 Å². The van der Waals surface area contributed by atoms with E-state index in [0.717, 1.165) is 12.1 Å². The summed E-state index contributed by atoms with van der Waals surface area (Å²) < 4.78 is 61.2. The number of ether oxygens (including phenoxy) is 1. The molecule has 0 saturated carbocycles. The molecule has 2 N–H and O–H groups in total. The van der Waals surface area contributed by atoms with Gasteiger partial charge in [0.1, 0.15) is 11.4 Å². The quantitative estimate of drug-likeness (QED) is 0.179. The molecule has 0 spiro atoms. The van der Waals surface area contributed by atoms with E-state index in [4.69, 9.17) is 33.0 Å². The molecule has 1 heterocycles.